The highest BCUT2D eigenvalue weighted by molar-refractivity contribution is 6.10. The van der Waals surface area contributed by atoms with Crippen molar-refractivity contribution >= 4 is 28.4 Å². The van der Waals surface area contributed by atoms with E-state index in [9.17, 15) is 15.2 Å². The number of amides is 1. The molecule has 0 aromatic heterocycles. The second-order valence-corrected chi connectivity index (χ2v) is 5.62. The fourth-order valence-electron chi connectivity index (χ4n) is 2.58. The van der Waals surface area contributed by atoms with Crippen LogP contribution in [0.2, 0.25) is 0 Å². The summed E-state index contributed by atoms with van der Waals surface area (Å²) in [4.78, 5) is 12.4. The lowest BCUT2D eigenvalue weighted by Crippen LogP contribution is -2.13. The minimum Gasteiger partial charge on any atom is -0.504 e. The van der Waals surface area contributed by atoms with Gasteiger partial charge in [-0.15, -0.1) is 0 Å². The number of nitriles is 1. The van der Waals surface area contributed by atoms with Gasteiger partial charge in [0.1, 0.15) is 11.6 Å². The summed E-state index contributed by atoms with van der Waals surface area (Å²) in [6.07, 6.45) is 1.41. The summed E-state index contributed by atoms with van der Waals surface area (Å²) in [7, 11) is 1.45. The number of phenols is 1. The fourth-order valence-corrected chi connectivity index (χ4v) is 2.58. The Labute approximate surface area is 150 Å². The van der Waals surface area contributed by atoms with E-state index in [4.69, 9.17) is 4.74 Å². The number of nitrogens with one attached hydrogen (secondary N) is 1. The standard InChI is InChI=1S/C21H16N2O3/c1-26-20-9-6-14(11-19(20)24)10-17(13-22)21(25)23-18-8-7-15-4-2-3-5-16(15)12-18/h2-12,24H,1H3,(H,23,25)/b17-10+. The van der Waals surface area contributed by atoms with Crippen LogP contribution in [0.25, 0.3) is 16.8 Å². The Morgan fingerprint density at radius 1 is 1.12 bits per heavy atom. The minimum absolute atomic E-state index is 0.0616. The Kier molecular flexibility index (Phi) is 4.86. The molecule has 0 radical (unpaired) electrons. The average molecular weight is 344 g/mol. The molecule has 0 unspecified atom stereocenters. The zero-order chi connectivity index (χ0) is 18.5. The second-order valence-electron chi connectivity index (χ2n) is 5.62. The molecule has 5 nitrogen and oxygen atoms in total. The van der Waals surface area contributed by atoms with Crippen molar-refractivity contribution in [2.45, 2.75) is 0 Å². The van der Waals surface area contributed by atoms with Gasteiger partial charge in [0.05, 0.1) is 7.11 Å². The zero-order valence-electron chi connectivity index (χ0n) is 14.1. The first-order chi connectivity index (χ1) is 12.6. The largest absolute Gasteiger partial charge is 0.504 e. The molecule has 5 heteroatoms. The lowest BCUT2D eigenvalue weighted by molar-refractivity contribution is -0.112. The van der Waals surface area contributed by atoms with Crippen molar-refractivity contribution in [2.24, 2.45) is 0 Å². The SMILES string of the molecule is COc1ccc(/C=C(\C#N)C(=O)Nc2ccc3ccccc3c2)cc1O. The van der Waals surface area contributed by atoms with Gasteiger partial charge in [-0.2, -0.15) is 5.26 Å². The van der Waals surface area contributed by atoms with Crippen LogP contribution in [0, 0.1) is 11.3 Å². The molecule has 0 bridgehead atoms. The lowest BCUT2D eigenvalue weighted by Gasteiger charge is -2.07. The van der Waals surface area contributed by atoms with E-state index in [1.165, 1.54) is 19.3 Å². The van der Waals surface area contributed by atoms with Gasteiger partial charge >= 0.3 is 0 Å². The molecule has 0 saturated carbocycles. The number of ether oxygens (including phenoxy) is 1. The van der Waals surface area contributed by atoms with Gasteiger partial charge in [-0.3, -0.25) is 4.79 Å². The van der Waals surface area contributed by atoms with Crippen molar-refractivity contribution in [1.29, 1.82) is 5.26 Å². The second kappa shape index (κ2) is 7.41. The molecule has 0 spiro atoms. The molecule has 3 aromatic carbocycles. The topological polar surface area (TPSA) is 82.3 Å². The molecule has 1 amide bonds. The predicted molar refractivity (Wildman–Crippen MR) is 101 cm³/mol. The van der Waals surface area contributed by atoms with Crippen LogP contribution in [0.4, 0.5) is 5.69 Å². The van der Waals surface area contributed by atoms with Crippen LogP contribution in [-0.2, 0) is 4.79 Å². The third kappa shape index (κ3) is 3.65. The van der Waals surface area contributed by atoms with Gasteiger partial charge in [-0.1, -0.05) is 36.4 Å². The Morgan fingerprint density at radius 3 is 2.58 bits per heavy atom. The molecule has 0 aliphatic heterocycles. The molecule has 3 aromatic rings. The van der Waals surface area contributed by atoms with Crippen molar-refractivity contribution in [2.75, 3.05) is 12.4 Å². The highest BCUT2D eigenvalue weighted by atomic mass is 16.5. The van der Waals surface area contributed by atoms with E-state index >= 15 is 0 Å². The number of fused-ring (bicyclic) bond motifs is 1. The van der Waals surface area contributed by atoms with Crippen LogP contribution in [0.15, 0.2) is 66.2 Å². The molecule has 0 aliphatic rings. The highest BCUT2D eigenvalue weighted by Gasteiger charge is 2.11. The van der Waals surface area contributed by atoms with Crippen LogP contribution in [0.1, 0.15) is 5.56 Å². The number of benzene rings is 3. The number of anilines is 1. The van der Waals surface area contributed by atoms with Crippen LogP contribution in [-0.4, -0.2) is 18.1 Å². The molecule has 26 heavy (non-hydrogen) atoms. The van der Waals surface area contributed by atoms with Crippen molar-refractivity contribution in [3.05, 3.63) is 71.8 Å². The minimum atomic E-state index is -0.516. The van der Waals surface area contributed by atoms with Gasteiger partial charge < -0.3 is 15.2 Å². The summed E-state index contributed by atoms with van der Waals surface area (Å²) < 4.78 is 4.98. The van der Waals surface area contributed by atoms with Gasteiger partial charge in [0.15, 0.2) is 11.5 Å². The first-order valence-electron chi connectivity index (χ1n) is 7.89. The van der Waals surface area contributed by atoms with E-state index in [2.05, 4.69) is 5.32 Å². The number of aromatic hydroxyl groups is 1. The molecule has 0 heterocycles. The maximum atomic E-state index is 12.4. The smallest absolute Gasteiger partial charge is 0.266 e. The Morgan fingerprint density at radius 2 is 1.88 bits per heavy atom. The Bertz CT molecular complexity index is 1050. The van der Waals surface area contributed by atoms with Crippen molar-refractivity contribution < 1.29 is 14.6 Å². The Balaban J connectivity index is 1.84. The summed E-state index contributed by atoms with van der Waals surface area (Å²) in [5.41, 5.74) is 1.06. The molecular weight excluding hydrogens is 328 g/mol. The average Bonchev–Trinajstić information content (AvgIpc) is 2.66. The number of phenolic OH excluding ortho intramolecular Hbond substituents is 1. The van der Waals surface area contributed by atoms with Gasteiger partial charge in [0.25, 0.3) is 5.91 Å². The van der Waals surface area contributed by atoms with E-state index in [-0.39, 0.29) is 11.3 Å². The summed E-state index contributed by atoms with van der Waals surface area (Å²) in [5, 5.41) is 23.9. The summed E-state index contributed by atoms with van der Waals surface area (Å²) in [5.74, 6) is -0.257. The number of hydrogen-bond acceptors (Lipinski definition) is 4. The highest BCUT2D eigenvalue weighted by Crippen LogP contribution is 2.27. The normalized spacial score (nSPS) is 11.0. The molecule has 0 fully saturated rings. The molecule has 3 rings (SSSR count). The van der Waals surface area contributed by atoms with E-state index in [1.54, 1.807) is 18.2 Å². The van der Waals surface area contributed by atoms with Crippen LogP contribution >= 0.6 is 0 Å². The third-order valence-electron chi connectivity index (χ3n) is 3.89. The predicted octanol–water partition coefficient (Wildman–Crippen LogP) is 4.10. The quantitative estimate of drug-likeness (QED) is 0.551. The number of nitrogens with zero attached hydrogens (tertiary/aromatic N) is 1. The molecule has 0 saturated heterocycles. The van der Waals surface area contributed by atoms with E-state index in [0.29, 0.717) is 17.0 Å². The molecule has 0 aliphatic carbocycles. The summed E-state index contributed by atoms with van der Waals surface area (Å²) in [6, 6.07) is 19.9. The summed E-state index contributed by atoms with van der Waals surface area (Å²) in [6.45, 7) is 0. The van der Waals surface area contributed by atoms with Crippen molar-refractivity contribution in [1.82, 2.24) is 0 Å². The van der Waals surface area contributed by atoms with E-state index in [1.807, 2.05) is 42.5 Å². The first-order valence-corrected chi connectivity index (χ1v) is 7.89. The van der Waals surface area contributed by atoms with Crippen LogP contribution in [0.3, 0.4) is 0 Å². The molecular formula is C21H16N2O3. The van der Waals surface area contributed by atoms with Crippen LogP contribution < -0.4 is 10.1 Å². The van der Waals surface area contributed by atoms with E-state index in [0.717, 1.165) is 10.8 Å². The Hall–Kier alpha value is -3.78. The van der Waals surface area contributed by atoms with E-state index < -0.39 is 5.91 Å². The summed E-state index contributed by atoms with van der Waals surface area (Å²) >= 11 is 0. The number of hydrogen-bond donors (Lipinski definition) is 2. The van der Waals surface area contributed by atoms with Gasteiger partial charge in [-0.25, -0.2) is 0 Å². The number of carbonyl (C=O) groups excluding carboxylic acids is 1. The van der Waals surface area contributed by atoms with Gasteiger partial charge in [0, 0.05) is 5.69 Å². The lowest BCUT2D eigenvalue weighted by atomic mass is 10.1. The van der Waals surface area contributed by atoms with Crippen molar-refractivity contribution in [3.8, 4) is 17.6 Å². The molecule has 0 atom stereocenters. The monoisotopic (exact) mass is 344 g/mol. The third-order valence-corrected chi connectivity index (χ3v) is 3.89. The molecule has 2 N–H and O–H groups in total. The van der Waals surface area contributed by atoms with Crippen LogP contribution in [0.5, 0.6) is 11.5 Å². The van der Waals surface area contributed by atoms with Crippen molar-refractivity contribution in [3.63, 3.8) is 0 Å². The fraction of sp³-hybridized carbons (Fsp3) is 0.0476. The van der Waals surface area contributed by atoms with Gasteiger partial charge in [0.2, 0.25) is 0 Å². The molecule has 128 valence electrons. The number of rotatable bonds is 4. The number of carbonyl (C=O) groups is 1. The maximum absolute atomic E-state index is 12.4. The zero-order valence-corrected chi connectivity index (χ0v) is 14.1. The van der Waals surface area contributed by atoms with Gasteiger partial charge in [-0.05, 0) is 46.7 Å². The first kappa shape index (κ1) is 17.1. The number of methoxy groups -OCH3 is 1. The maximum Gasteiger partial charge on any atom is 0.266 e.